The lowest BCUT2D eigenvalue weighted by Gasteiger charge is -2.09. The van der Waals surface area contributed by atoms with Gasteiger partial charge in [0.2, 0.25) is 0 Å². The Morgan fingerprint density at radius 3 is 2.60 bits per heavy atom. The van der Waals surface area contributed by atoms with E-state index >= 15 is 0 Å². The maximum Gasteiger partial charge on any atom is 0.152 e. The third kappa shape index (κ3) is 2.43. The van der Waals surface area contributed by atoms with E-state index in [1.54, 1.807) is 10.7 Å². The number of rotatable bonds is 2. The molecule has 20 heavy (non-hydrogen) atoms. The van der Waals surface area contributed by atoms with E-state index in [1.807, 2.05) is 31.2 Å². The maximum absolute atomic E-state index is 11.6. The summed E-state index contributed by atoms with van der Waals surface area (Å²) in [4.78, 5) is 0. The Morgan fingerprint density at radius 2 is 2.00 bits per heavy atom. The molecule has 2 heterocycles. The Labute approximate surface area is 118 Å². The number of aromatic nitrogens is 2. The van der Waals surface area contributed by atoms with Gasteiger partial charge in [-0.3, -0.25) is 0 Å². The van der Waals surface area contributed by atoms with E-state index in [0.29, 0.717) is 12.2 Å². The van der Waals surface area contributed by atoms with E-state index in [1.165, 1.54) is 5.56 Å². The zero-order valence-corrected chi connectivity index (χ0v) is 12.1. The van der Waals surface area contributed by atoms with Gasteiger partial charge in [-0.05, 0) is 13.3 Å². The van der Waals surface area contributed by atoms with Gasteiger partial charge >= 0.3 is 0 Å². The van der Waals surface area contributed by atoms with Crippen LogP contribution in [0.25, 0.3) is 11.3 Å². The van der Waals surface area contributed by atoms with E-state index in [2.05, 4.69) is 5.10 Å². The van der Waals surface area contributed by atoms with Crippen molar-refractivity contribution >= 4 is 15.7 Å². The molecule has 3 rings (SSSR count). The summed E-state index contributed by atoms with van der Waals surface area (Å²) < 4.78 is 24.8. The number of sulfone groups is 1. The lowest BCUT2D eigenvalue weighted by molar-refractivity contribution is 0.508. The molecule has 1 aliphatic heterocycles. The van der Waals surface area contributed by atoms with Gasteiger partial charge in [0.15, 0.2) is 9.84 Å². The van der Waals surface area contributed by atoms with Crippen molar-refractivity contribution in [3.05, 3.63) is 35.9 Å². The summed E-state index contributed by atoms with van der Waals surface area (Å²) in [7, 11) is -2.94. The number of nitrogen functional groups attached to an aromatic ring is 1. The third-order valence-corrected chi connectivity index (χ3v) is 5.42. The number of hydrogen-bond donors (Lipinski definition) is 1. The first kappa shape index (κ1) is 13.2. The average molecular weight is 291 g/mol. The van der Waals surface area contributed by atoms with Crippen LogP contribution in [0.4, 0.5) is 5.82 Å². The molecule has 0 amide bonds. The molecule has 1 aromatic carbocycles. The predicted molar refractivity (Wildman–Crippen MR) is 79.1 cm³/mol. The lowest BCUT2D eigenvalue weighted by Crippen LogP contribution is -2.14. The molecule has 1 atom stereocenters. The summed E-state index contributed by atoms with van der Waals surface area (Å²) in [5, 5.41) is 4.48. The molecule has 0 saturated carbocycles. The fraction of sp³-hybridized carbons (Fsp3) is 0.357. The summed E-state index contributed by atoms with van der Waals surface area (Å²) >= 11 is 0. The molecule has 106 valence electrons. The minimum Gasteiger partial charge on any atom is -0.384 e. The highest BCUT2D eigenvalue weighted by Crippen LogP contribution is 2.28. The van der Waals surface area contributed by atoms with Gasteiger partial charge in [0.25, 0.3) is 0 Å². The Kier molecular flexibility index (Phi) is 3.05. The first-order chi connectivity index (χ1) is 9.44. The van der Waals surface area contributed by atoms with Crippen LogP contribution in [0.5, 0.6) is 0 Å². The number of benzene rings is 1. The molecular weight excluding hydrogens is 274 g/mol. The summed E-state index contributed by atoms with van der Waals surface area (Å²) in [6.07, 6.45) is 0.585. The normalized spacial score (nSPS) is 21.1. The van der Waals surface area contributed by atoms with Crippen LogP contribution in [0.2, 0.25) is 0 Å². The predicted octanol–water partition coefficient (Wildman–Crippen LogP) is 1.80. The largest absolute Gasteiger partial charge is 0.384 e. The van der Waals surface area contributed by atoms with Crippen LogP contribution in [0.15, 0.2) is 30.3 Å². The van der Waals surface area contributed by atoms with Crippen molar-refractivity contribution in [3.8, 4) is 11.3 Å². The van der Waals surface area contributed by atoms with Crippen LogP contribution in [0.3, 0.4) is 0 Å². The van der Waals surface area contributed by atoms with Gasteiger partial charge in [-0.1, -0.05) is 29.8 Å². The van der Waals surface area contributed by atoms with Gasteiger partial charge in [0.05, 0.1) is 23.2 Å². The number of hydrogen-bond acceptors (Lipinski definition) is 4. The second-order valence-corrected chi connectivity index (χ2v) is 7.55. The summed E-state index contributed by atoms with van der Waals surface area (Å²) in [5.41, 5.74) is 8.94. The second-order valence-electron chi connectivity index (χ2n) is 5.32. The summed E-state index contributed by atoms with van der Waals surface area (Å²) in [6.45, 7) is 2.03. The summed E-state index contributed by atoms with van der Waals surface area (Å²) in [5.74, 6) is 0.867. The second kappa shape index (κ2) is 4.63. The Hall–Kier alpha value is -1.82. The Balaban J connectivity index is 1.93. The van der Waals surface area contributed by atoms with Crippen molar-refractivity contribution in [1.29, 1.82) is 0 Å². The fourth-order valence-electron chi connectivity index (χ4n) is 2.54. The zero-order chi connectivity index (χ0) is 14.3. The van der Waals surface area contributed by atoms with Crippen LogP contribution >= 0.6 is 0 Å². The van der Waals surface area contributed by atoms with Crippen LogP contribution in [-0.4, -0.2) is 29.7 Å². The van der Waals surface area contributed by atoms with E-state index in [9.17, 15) is 8.42 Å². The van der Waals surface area contributed by atoms with Crippen molar-refractivity contribution in [3.63, 3.8) is 0 Å². The average Bonchev–Trinajstić information content (AvgIpc) is 2.93. The fourth-order valence-corrected chi connectivity index (χ4v) is 4.23. The van der Waals surface area contributed by atoms with Gasteiger partial charge in [-0.25, -0.2) is 13.1 Å². The molecule has 0 unspecified atom stereocenters. The zero-order valence-electron chi connectivity index (χ0n) is 11.3. The minimum absolute atomic E-state index is 0.131. The highest BCUT2D eigenvalue weighted by atomic mass is 32.2. The van der Waals surface area contributed by atoms with E-state index in [0.717, 1.165) is 11.3 Å². The van der Waals surface area contributed by atoms with E-state index in [4.69, 9.17) is 5.73 Å². The molecule has 0 spiro atoms. The van der Waals surface area contributed by atoms with Crippen molar-refractivity contribution in [1.82, 2.24) is 9.78 Å². The number of nitrogens with zero attached hydrogens (tertiary/aromatic N) is 2. The monoisotopic (exact) mass is 291 g/mol. The van der Waals surface area contributed by atoms with Crippen molar-refractivity contribution < 1.29 is 8.42 Å². The van der Waals surface area contributed by atoms with Crippen molar-refractivity contribution in [2.75, 3.05) is 17.2 Å². The van der Waals surface area contributed by atoms with Crippen LogP contribution in [0, 0.1) is 6.92 Å². The van der Waals surface area contributed by atoms with Gasteiger partial charge in [0.1, 0.15) is 5.82 Å². The molecule has 1 saturated heterocycles. The quantitative estimate of drug-likeness (QED) is 0.915. The number of nitrogens with two attached hydrogens (primary N) is 1. The number of aryl methyl sites for hydroxylation is 1. The van der Waals surface area contributed by atoms with E-state index < -0.39 is 9.84 Å². The SMILES string of the molecule is Cc1ccc(-c2cc(N)n([C@@H]3CCS(=O)(=O)C3)n2)cc1. The topological polar surface area (TPSA) is 78.0 Å². The van der Waals surface area contributed by atoms with Gasteiger partial charge in [-0.15, -0.1) is 0 Å². The highest BCUT2D eigenvalue weighted by molar-refractivity contribution is 7.91. The molecule has 0 bridgehead atoms. The van der Waals surface area contributed by atoms with Crippen LogP contribution in [-0.2, 0) is 9.84 Å². The molecule has 1 aromatic heterocycles. The van der Waals surface area contributed by atoms with E-state index in [-0.39, 0.29) is 17.5 Å². The standard InChI is InChI=1S/C14H17N3O2S/c1-10-2-4-11(5-3-10)13-8-14(15)17(16-13)12-6-7-20(18,19)9-12/h2-5,8,12H,6-7,9,15H2,1H3/t12-/m1/s1. The molecule has 5 nitrogen and oxygen atoms in total. The minimum atomic E-state index is -2.94. The molecule has 0 aliphatic carbocycles. The Morgan fingerprint density at radius 1 is 1.30 bits per heavy atom. The molecular formula is C14H17N3O2S. The molecule has 2 aromatic rings. The Bertz CT molecular complexity index is 732. The number of anilines is 1. The van der Waals surface area contributed by atoms with Crippen molar-refractivity contribution in [2.45, 2.75) is 19.4 Å². The first-order valence-electron chi connectivity index (χ1n) is 6.57. The molecule has 0 radical (unpaired) electrons. The maximum atomic E-state index is 11.6. The highest BCUT2D eigenvalue weighted by Gasteiger charge is 2.30. The lowest BCUT2D eigenvalue weighted by atomic mass is 10.1. The molecule has 1 fully saturated rings. The van der Waals surface area contributed by atoms with Crippen LogP contribution < -0.4 is 5.73 Å². The smallest absolute Gasteiger partial charge is 0.152 e. The van der Waals surface area contributed by atoms with Gasteiger partial charge in [0, 0.05) is 11.6 Å². The van der Waals surface area contributed by atoms with Crippen LogP contribution in [0.1, 0.15) is 18.0 Å². The first-order valence-corrected chi connectivity index (χ1v) is 8.39. The van der Waals surface area contributed by atoms with Gasteiger partial charge < -0.3 is 5.73 Å². The summed E-state index contributed by atoms with van der Waals surface area (Å²) in [6, 6.07) is 9.68. The molecule has 6 heteroatoms. The molecule has 2 N–H and O–H groups in total. The molecule has 1 aliphatic rings. The van der Waals surface area contributed by atoms with Gasteiger partial charge in [-0.2, -0.15) is 5.10 Å². The third-order valence-electron chi connectivity index (χ3n) is 3.67. The van der Waals surface area contributed by atoms with Crippen molar-refractivity contribution in [2.24, 2.45) is 0 Å².